The molecule has 1 aromatic heterocycles. The second kappa shape index (κ2) is 11.0. The van der Waals surface area contributed by atoms with E-state index in [2.05, 4.69) is 5.10 Å². The molecule has 31 heavy (non-hydrogen) atoms. The van der Waals surface area contributed by atoms with Gasteiger partial charge in [0.1, 0.15) is 5.15 Å². The number of carbonyl (C=O) groups excluding carboxylic acids is 2. The van der Waals surface area contributed by atoms with Crippen LogP contribution in [0.15, 0.2) is 24.3 Å². The molecule has 9 heteroatoms. The number of aryl methyl sites for hydroxylation is 1. The van der Waals surface area contributed by atoms with E-state index in [0.29, 0.717) is 33.0 Å². The van der Waals surface area contributed by atoms with E-state index in [-0.39, 0.29) is 24.6 Å². The summed E-state index contributed by atoms with van der Waals surface area (Å²) in [6.07, 6.45) is 2.76. The lowest BCUT2D eigenvalue weighted by atomic mass is 10.2. The predicted molar refractivity (Wildman–Crippen MR) is 125 cm³/mol. The maximum atomic E-state index is 12.3. The Hall–Kier alpha value is -2.02. The fraction of sp³-hybridized carbons (Fsp3) is 0.409. The standard InChI is InChI=1S/C22H26Cl3N3O3/c1-13(2)28(14(3)4)20(29)12-31-21(30)9-8-18-15(5)26-27(22(18)25)11-16-6-7-17(23)10-19(16)24/h6-10,13-14H,11-12H2,1-5H3. The highest BCUT2D eigenvalue weighted by atomic mass is 35.5. The van der Waals surface area contributed by atoms with Gasteiger partial charge in [-0.05, 0) is 58.4 Å². The van der Waals surface area contributed by atoms with Crippen molar-refractivity contribution in [2.24, 2.45) is 0 Å². The van der Waals surface area contributed by atoms with Crippen molar-refractivity contribution in [1.82, 2.24) is 14.7 Å². The number of carbonyl (C=O) groups is 2. The molecule has 1 amide bonds. The molecule has 168 valence electrons. The molecule has 0 aliphatic heterocycles. The Morgan fingerprint density at radius 1 is 1.16 bits per heavy atom. The average Bonchev–Trinajstić information content (AvgIpc) is 2.93. The molecule has 0 atom stereocenters. The number of halogens is 3. The zero-order valence-electron chi connectivity index (χ0n) is 18.2. The number of rotatable bonds is 8. The lowest BCUT2D eigenvalue weighted by Crippen LogP contribution is -2.44. The zero-order chi connectivity index (χ0) is 23.3. The van der Waals surface area contributed by atoms with E-state index in [9.17, 15) is 9.59 Å². The van der Waals surface area contributed by atoms with Crippen LogP contribution in [0.2, 0.25) is 15.2 Å². The summed E-state index contributed by atoms with van der Waals surface area (Å²) >= 11 is 18.6. The first-order valence-corrected chi connectivity index (χ1v) is 11.0. The summed E-state index contributed by atoms with van der Waals surface area (Å²) in [5.74, 6) is -0.876. The van der Waals surface area contributed by atoms with E-state index in [4.69, 9.17) is 39.5 Å². The number of benzene rings is 1. The number of hydrogen-bond donors (Lipinski definition) is 0. The normalized spacial score (nSPS) is 11.5. The SMILES string of the molecule is Cc1nn(Cc2ccc(Cl)cc2Cl)c(Cl)c1C=CC(=O)OCC(=O)N(C(C)C)C(C)C. The van der Waals surface area contributed by atoms with Crippen LogP contribution >= 0.6 is 34.8 Å². The topological polar surface area (TPSA) is 64.4 Å². The Balaban J connectivity index is 2.05. The second-order valence-electron chi connectivity index (χ2n) is 7.61. The maximum absolute atomic E-state index is 12.3. The molecule has 0 aliphatic carbocycles. The van der Waals surface area contributed by atoms with E-state index in [1.54, 1.807) is 34.7 Å². The lowest BCUT2D eigenvalue weighted by Gasteiger charge is -2.30. The predicted octanol–water partition coefficient (Wildman–Crippen LogP) is 5.40. The Kier molecular flexibility index (Phi) is 8.98. The number of ether oxygens (including phenoxy) is 1. The number of amides is 1. The van der Waals surface area contributed by atoms with Crippen molar-refractivity contribution in [3.63, 3.8) is 0 Å². The Morgan fingerprint density at radius 2 is 1.81 bits per heavy atom. The van der Waals surface area contributed by atoms with Gasteiger partial charge in [-0.15, -0.1) is 0 Å². The van der Waals surface area contributed by atoms with Gasteiger partial charge in [0.15, 0.2) is 6.61 Å². The van der Waals surface area contributed by atoms with Crippen molar-refractivity contribution in [2.45, 2.75) is 53.2 Å². The monoisotopic (exact) mass is 485 g/mol. The molecule has 0 saturated carbocycles. The average molecular weight is 487 g/mol. The molecule has 0 spiro atoms. The van der Waals surface area contributed by atoms with E-state index in [1.807, 2.05) is 27.7 Å². The van der Waals surface area contributed by atoms with Gasteiger partial charge in [0, 0.05) is 33.8 Å². The first kappa shape index (κ1) is 25.2. The van der Waals surface area contributed by atoms with Gasteiger partial charge in [0.25, 0.3) is 5.91 Å². The third kappa shape index (κ3) is 6.73. The highest BCUT2D eigenvalue weighted by Gasteiger charge is 2.21. The van der Waals surface area contributed by atoms with Crippen LogP contribution in [0.5, 0.6) is 0 Å². The summed E-state index contributed by atoms with van der Waals surface area (Å²) in [7, 11) is 0. The van der Waals surface area contributed by atoms with Crippen LogP contribution in [0.25, 0.3) is 6.08 Å². The van der Waals surface area contributed by atoms with Gasteiger partial charge in [-0.2, -0.15) is 5.10 Å². The van der Waals surface area contributed by atoms with Crippen molar-refractivity contribution >= 4 is 52.8 Å². The first-order valence-electron chi connectivity index (χ1n) is 9.84. The highest BCUT2D eigenvalue weighted by molar-refractivity contribution is 6.35. The molecule has 0 fully saturated rings. The van der Waals surface area contributed by atoms with Crippen molar-refractivity contribution in [3.8, 4) is 0 Å². The minimum atomic E-state index is -0.634. The first-order chi connectivity index (χ1) is 14.5. The molecule has 2 aromatic rings. The van der Waals surface area contributed by atoms with Crippen molar-refractivity contribution < 1.29 is 14.3 Å². The van der Waals surface area contributed by atoms with E-state index in [0.717, 1.165) is 5.56 Å². The van der Waals surface area contributed by atoms with Gasteiger partial charge in [-0.1, -0.05) is 40.9 Å². The minimum Gasteiger partial charge on any atom is -0.452 e. The molecule has 1 heterocycles. The van der Waals surface area contributed by atoms with Gasteiger partial charge in [0.2, 0.25) is 0 Å². The minimum absolute atomic E-state index is 0.0168. The van der Waals surface area contributed by atoms with Crippen LogP contribution < -0.4 is 0 Å². The molecule has 0 saturated heterocycles. The molecular formula is C22H26Cl3N3O3. The third-order valence-electron chi connectivity index (χ3n) is 4.57. The Bertz CT molecular complexity index is 976. The molecule has 0 unspecified atom stereocenters. The number of hydrogen-bond acceptors (Lipinski definition) is 4. The summed E-state index contributed by atoms with van der Waals surface area (Å²) < 4.78 is 6.69. The smallest absolute Gasteiger partial charge is 0.331 e. The molecule has 1 aromatic carbocycles. The fourth-order valence-corrected chi connectivity index (χ4v) is 4.02. The van der Waals surface area contributed by atoms with E-state index in [1.165, 1.54) is 12.2 Å². The van der Waals surface area contributed by atoms with Crippen molar-refractivity contribution in [1.29, 1.82) is 0 Å². The van der Waals surface area contributed by atoms with Crippen molar-refractivity contribution in [3.05, 3.63) is 56.3 Å². The molecule has 0 radical (unpaired) electrons. The Labute approximate surface area is 197 Å². The van der Waals surface area contributed by atoms with Crippen LogP contribution in [0.4, 0.5) is 0 Å². The van der Waals surface area contributed by atoms with Gasteiger partial charge >= 0.3 is 5.97 Å². The van der Waals surface area contributed by atoms with Crippen LogP contribution in [0.1, 0.15) is 44.5 Å². The number of nitrogens with zero attached hydrogens (tertiary/aromatic N) is 3. The van der Waals surface area contributed by atoms with Gasteiger partial charge in [-0.3, -0.25) is 4.79 Å². The van der Waals surface area contributed by atoms with Crippen molar-refractivity contribution in [2.75, 3.05) is 6.61 Å². The summed E-state index contributed by atoms with van der Waals surface area (Å²) in [6.45, 7) is 9.48. The highest BCUT2D eigenvalue weighted by Crippen LogP contribution is 2.26. The van der Waals surface area contributed by atoms with Gasteiger partial charge < -0.3 is 9.64 Å². The fourth-order valence-electron chi connectivity index (χ4n) is 3.25. The second-order valence-corrected chi connectivity index (χ2v) is 8.81. The van der Waals surface area contributed by atoms with E-state index >= 15 is 0 Å². The molecule has 0 aliphatic rings. The van der Waals surface area contributed by atoms with E-state index < -0.39 is 5.97 Å². The summed E-state index contributed by atoms with van der Waals surface area (Å²) in [5.41, 5.74) is 2.03. The summed E-state index contributed by atoms with van der Waals surface area (Å²) in [5, 5.41) is 5.82. The van der Waals surface area contributed by atoms with Crippen LogP contribution in [-0.4, -0.2) is 45.2 Å². The third-order valence-corrected chi connectivity index (χ3v) is 5.55. The molecule has 2 rings (SSSR count). The molecule has 0 bridgehead atoms. The van der Waals surface area contributed by atoms with Crippen LogP contribution in [0, 0.1) is 6.92 Å². The summed E-state index contributed by atoms with van der Waals surface area (Å²) in [4.78, 5) is 26.1. The largest absolute Gasteiger partial charge is 0.452 e. The number of aromatic nitrogens is 2. The Morgan fingerprint density at radius 3 is 2.39 bits per heavy atom. The molecule has 0 N–H and O–H groups in total. The quantitative estimate of drug-likeness (QED) is 0.370. The maximum Gasteiger partial charge on any atom is 0.331 e. The van der Waals surface area contributed by atoms with Crippen LogP contribution in [0.3, 0.4) is 0 Å². The zero-order valence-corrected chi connectivity index (χ0v) is 20.4. The van der Waals surface area contributed by atoms with Gasteiger partial charge in [-0.25, -0.2) is 9.48 Å². The number of esters is 1. The van der Waals surface area contributed by atoms with Crippen LogP contribution in [-0.2, 0) is 20.9 Å². The van der Waals surface area contributed by atoms with Gasteiger partial charge in [0.05, 0.1) is 12.2 Å². The summed E-state index contributed by atoms with van der Waals surface area (Å²) in [6, 6.07) is 5.23. The molecule has 6 nitrogen and oxygen atoms in total. The molecular weight excluding hydrogens is 461 g/mol. The lowest BCUT2D eigenvalue weighted by molar-refractivity contribution is -0.150.